The number of aryl methyl sites for hydroxylation is 1. The van der Waals surface area contributed by atoms with Gasteiger partial charge in [0.1, 0.15) is 0 Å². The minimum atomic E-state index is -1.40. The number of anilines is 1. The maximum Gasteiger partial charge on any atom is 0.249 e. The maximum absolute atomic E-state index is 12.2. The van der Waals surface area contributed by atoms with Crippen molar-refractivity contribution in [2.75, 3.05) is 5.32 Å². The molecular formula is C20H17ClN2O2. The van der Waals surface area contributed by atoms with Gasteiger partial charge in [0.2, 0.25) is 5.91 Å². The number of hydrogen-bond acceptors (Lipinski definition) is 3. The fraction of sp³-hybridized carbons (Fsp3) is 0.150. The standard InChI is InChI=1S/C20H17ClN2O2/c1-2-14-6-9-17(10-7-14)23-20(25)18(13-22)19(24)11-8-15-4-3-5-16(21)12-15/h3-12,18H,2H2,1H3,(H,23,25)/b11-8+. The number of nitrogens with zero attached hydrogens (tertiary/aromatic N) is 1. The molecule has 0 saturated heterocycles. The zero-order valence-corrected chi connectivity index (χ0v) is 14.5. The number of carbonyl (C=O) groups excluding carboxylic acids is 2. The Morgan fingerprint density at radius 1 is 1.24 bits per heavy atom. The first kappa shape index (κ1) is 18.4. The number of halogens is 1. The van der Waals surface area contributed by atoms with Crippen molar-refractivity contribution in [3.05, 3.63) is 70.8 Å². The number of allylic oxidation sites excluding steroid dienone is 1. The predicted octanol–water partition coefficient (Wildman–Crippen LogP) is 4.26. The van der Waals surface area contributed by atoms with E-state index in [0.717, 1.165) is 12.0 Å². The van der Waals surface area contributed by atoms with Crippen molar-refractivity contribution < 1.29 is 9.59 Å². The second-order valence-corrected chi connectivity index (χ2v) is 5.83. The third-order valence-electron chi connectivity index (χ3n) is 3.59. The summed E-state index contributed by atoms with van der Waals surface area (Å²) < 4.78 is 0. The lowest BCUT2D eigenvalue weighted by atomic mass is 10.0. The van der Waals surface area contributed by atoms with E-state index in [1.807, 2.05) is 19.1 Å². The van der Waals surface area contributed by atoms with Crippen molar-refractivity contribution in [3.63, 3.8) is 0 Å². The topological polar surface area (TPSA) is 70.0 Å². The second-order valence-electron chi connectivity index (χ2n) is 5.39. The molecule has 0 spiro atoms. The third-order valence-corrected chi connectivity index (χ3v) is 3.83. The van der Waals surface area contributed by atoms with Gasteiger partial charge in [0.05, 0.1) is 6.07 Å². The van der Waals surface area contributed by atoms with Crippen molar-refractivity contribution >= 4 is 35.1 Å². The molecule has 5 heteroatoms. The fourth-order valence-electron chi connectivity index (χ4n) is 2.17. The summed E-state index contributed by atoms with van der Waals surface area (Å²) >= 11 is 5.88. The average Bonchev–Trinajstić information content (AvgIpc) is 2.61. The van der Waals surface area contributed by atoms with Crippen LogP contribution in [-0.4, -0.2) is 11.7 Å². The van der Waals surface area contributed by atoms with Crippen molar-refractivity contribution in [2.24, 2.45) is 5.92 Å². The highest BCUT2D eigenvalue weighted by atomic mass is 35.5. The SMILES string of the molecule is CCc1ccc(NC(=O)C(C#N)C(=O)/C=C/c2cccc(Cl)c2)cc1. The Morgan fingerprint density at radius 3 is 2.56 bits per heavy atom. The van der Waals surface area contributed by atoms with Gasteiger partial charge in [-0.05, 0) is 47.9 Å². The summed E-state index contributed by atoms with van der Waals surface area (Å²) in [7, 11) is 0. The first-order valence-corrected chi connectivity index (χ1v) is 8.18. The lowest BCUT2D eigenvalue weighted by molar-refractivity contribution is -0.126. The lowest BCUT2D eigenvalue weighted by Crippen LogP contribution is -2.27. The van der Waals surface area contributed by atoms with Crippen molar-refractivity contribution in [3.8, 4) is 6.07 Å². The van der Waals surface area contributed by atoms with Gasteiger partial charge in [0, 0.05) is 10.7 Å². The number of nitrogens with one attached hydrogen (secondary N) is 1. The quantitative estimate of drug-likeness (QED) is 0.623. The third kappa shape index (κ3) is 5.30. The summed E-state index contributed by atoms with van der Waals surface area (Å²) in [6, 6.07) is 15.9. The minimum Gasteiger partial charge on any atom is -0.325 e. The zero-order valence-electron chi connectivity index (χ0n) is 13.7. The normalized spacial score (nSPS) is 11.7. The Labute approximate surface area is 151 Å². The van der Waals surface area contributed by atoms with Gasteiger partial charge in [-0.3, -0.25) is 9.59 Å². The largest absolute Gasteiger partial charge is 0.325 e. The molecule has 0 saturated carbocycles. The maximum atomic E-state index is 12.2. The van der Waals surface area contributed by atoms with Crippen LogP contribution < -0.4 is 5.32 Å². The van der Waals surface area contributed by atoms with Crippen LogP contribution in [0.25, 0.3) is 6.08 Å². The molecule has 0 bridgehead atoms. The highest BCUT2D eigenvalue weighted by Crippen LogP contribution is 2.14. The van der Waals surface area contributed by atoms with Crippen LogP contribution in [0.3, 0.4) is 0 Å². The molecule has 0 aromatic heterocycles. The molecule has 1 amide bonds. The van der Waals surface area contributed by atoms with Gasteiger partial charge in [0.25, 0.3) is 0 Å². The smallest absolute Gasteiger partial charge is 0.249 e. The molecule has 4 nitrogen and oxygen atoms in total. The minimum absolute atomic E-state index is 0.541. The highest BCUT2D eigenvalue weighted by Gasteiger charge is 2.24. The summed E-state index contributed by atoms with van der Waals surface area (Å²) in [5.74, 6) is -2.63. The monoisotopic (exact) mass is 352 g/mol. The Balaban J connectivity index is 2.05. The highest BCUT2D eigenvalue weighted by molar-refractivity contribution is 6.30. The van der Waals surface area contributed by atoms with E-state index in [1.54, 1.807) is 42.5 Å². The molecule has 0 aliphatic heterocycles. The fourth-order valence-corrected chi connectivity index (χ4v) is 2.37. The predicted molar refractivity (Wildman–Crippen MR) is 99.0 cm³/mol. The summed E-state index contributed by atoms with van der Waals surface area (Å²) in [6.07, 6.45) is 3.64. The van der Waals surface area contributed by atoms with Crippen LogP contribution in [0, 0.1) is 17.2 Å². The van der Waals surface area contributed by atoms with Crippen LogP contribution in [-0.2, 0) is 16.0 Å². The van der Waals surface area contributed by atoms with Gasteiger partial charge in [-0.25, -0.2) is 0 Å². The second kappa shape index (κ2) is 8.81. The molecule has 1 unspecified atom stereocenters. The molecular weight excluding hydrogens is 336 g/mol. The van der Waals surface area contributed by atoms with Crippen LogP contribution >= 0.6 is 11.6 Å². The number of amides is 1. The van der Waals surface area contributed by atoms with Gasteiger partial charge < -0.3 is 5.32 Å². The van der Waals surface area contributed by atoms with E-state index in [-0.39, 0.29) is 0 Å². The number of nitriles is 1. The van der Waals surface area contributed by atoms with Crippen molar-refractivity contribution in [1.29, 1.82) is 5.26 Å². The Kier molecular flexibility index (Phi) is 6.50. The molecule has 0 heterocycles. The molecule has 1 N–H and O–H groups in total. The molecule has 2 aromatic carbocycles. The molecule has 126 valence electrons. The zero-order chi connectivity index (χ0) is 18.2. The number of hydrogen-bond donors (Lipinski definition) is 1. The van der Waals surface area contributed by atoms with Crippen LogP contribution in [0.15, 0.2) is 54.6 Å². The van der Waals surface area contributed by atoms with Gasteiger partial charge in [-0.15, -0.1) is 0 Å². The van der Waals surface area contributed by atoms with E-state index in [1.165, 1.54) is 12.2 Å². The number of carbonyl (C=O) groups is 2. The molecule has 0 fully saturated rings. The number of ketones is 1. The van der Waals surface area contributed by atoms with Crippen LogP contribution in [0.2, 0.25) is 5.02 Å². The molecule has 2 aromatic rings. The molecule has 1 atom stereocenters. The molecule has 0 aliphatic carbocycles. The Morgan fingerprint density at radius 2 is 1.96 bits per heavy atom. The van der Waals surface area contributed by atoms with Crippen molar-refractivity contribution in [1.82, 2.24) is 0 Å². The average molecular weight is 353 g/mol. The Bertz CT molecular complexity index is 836. The lowest BCUT2D eigenvalue weighted by Gasteiger charge is -2.08. The van der Waals surface area contributed by atoms with E-state index >= 15 is 0 Å². The summed E-state index contributed by atoms with van der Waals surface area (Å²) in [5, 5.41) is 12.3. The van der Waals surface area contributed by atoms with E-state index in [9.17, 15) is 14.9 Å². The van der Waals surface area contributed by atoms with Crippen LogP contribution in [0.1, 0.15) is 18.1 Å². The van der Waals surface area contributed by atoms with Gasteiger partial charge in [-0.2, -0.15) is 5.26 Å². The van der Waals surface area contributed by atoms with E-state index in [4.69, 9.17) is 11.6 Å². The van der Waals surface area contributed by atoms with Gasteiger partial charge in [-0.1, -0.05) is 48.9 Å². The first-order chi connectivity index (χ1) is 12.0. The first-order valence-electron chi connectivity index (χ1n) is 7.80. The summed E-state index contributed by atoms with van der Waals surface area (Å²) in [6.45, 7) is 2.03. The molecule has 0 aliphatic rings. The van der Waals surface area contributed by atoms with E-state index in [0.29, 0.717) is 16.3 Å². The molecule has 0 radical (unpaired) electrons. The number of benzene rings is 2. The Hall–Kier alpha value is -2.90. The molecule has 25 heavy (non-hydrogen) atoms. The van der Waals surface area contributed by atoms with E-state index < -0.39 is 17.6 Å². The summed E-state index contributed by atoms with van der Waals surface area (Å²) in [4.78, 5) is 24.4. The summed E-state index contributed by atoms with van der Waals surface area (Å²) in [5.41, 5.74) is 2.40. The molecule has 2 rings (SSSR count). The van der Waals surface area contributed by atoms with Crippen molar-refractivity contribution in [2.45, 2.75) is 13.3 Å². The van der Waals surface area contributed by atoms with Gasteiger partial charge in [0.15, 0.2) is 11.7 Å². The number of rotatable bonds is 6. The van der Waals surface area contributed by atoms with E-state index in [2.05, 4.69) is 5.32 Å². The van der Waals surface area contributed by atoms with Gasteiger partial charge >= 0.3 is 0 Å². The van der Waals surface area contributed by atoms with Crippen LogP contribution in [0.5, 0.6) is 0 Å². The van der Waals surface area contributed by atoms with Crippen LogP contribution in [0.4, 0.5) is 5.69 Å².